The quantitative estimate of drug-likeness (QED) is 0.323. The van der Waals surface area contributed by atoms with Gasteiger partial charge in [0.05, 0.1) is 18.5 Å². The van der Waals surface area contributed by atoms with Crippen LogP contribution in [0.5, 0.6) is 11.5 Å². The van der Waals surface area contributed by atoms with Crippen LogP contribution in [-0.2, 0) is 9.53 Å². The minimum atomic E-state index is -0.486. The summed E-state index contributed by atoms with van der Waals surface area (Å²) in [5, 5.41) is 8.27. The average Bonchev–Trinajstić information content (AvgIpc) is 2.61. The number of nitrogens with zero attached hydrogens (tertiary/aromatic N) is 2. The number of azo groups is 1. The summed E-state index contributed by atoms with van der Waals surface area (Å²) in [6.45, 7) is 4.89. The number of hydrogen-bond donors (Lipinski definition) is 0. The first-order valence-electron chi connectivity index (χ1n) is 7.20. The number of hydrogen-bond acceptors (Lipinski definition) is 6. The fourth-order valence-corrected chi connectivity index (χ4v) is 1.65. The minimum absolute atomic E-state index is 0.168. The van der Waals surface area contributed by atoms with Crippen molar-refractivity contribution in [3.63, 3.8) is 0 Å². The van der Waals surface area contributed by atoms with E-state index in [1.807, 2.05) is 24.3 Å². The summed E-state index contributed by atoms with van der Waals surface area (Å²) in [6.07, 6.45) is 0. The number of carbonyl (C=O) groups is 1. The molecule has 0 atom stereocenters. The molecule has 0 aliphatic carbocycles. The molecule has 2 rings (SSSR count). The van der Waals surface area contributed by atoms with Crippen LogP contribution < -0.4 is 9.47 Å². The van der Waals surface area contributed by atoms with Gasteiger partial charge in [0.25, 0.3) is 0 Å². The zero-order chi connectivity index (χ0) is 17.4. The first kappa shape index (κ1) is 17.2. The van der Waals surface area contributed by atoms with Crippen LogP contribution in [-0.4, -0.2) is 19.9 Å². The summed E-state index contributed by atoms with van der Waals surface area (Å²) in [5.74, 6) is 0.843. The molecule has 0 bridgehead atoms. The van der Waals surface area contributed by atoms with Gasteiger partial charge in [0.2, 0.25) is 6.79 Å². The molecular weight excluding hydrogens is 308 g/mol. The van der Waals surface area contributed by atoms with E-state index in [1.165, 1.54) is 0 Å². The highest BCUT2D eigenvalue weighted by atomic mass is 16.7. The van der Waals surface area contributed by atoms with E-state index in [4.69, 9.17) is 14.2 Å². The topological polar surface area (TPSA) is 69.5 Å². The van der Waals surface area contributed by atoms with E-state index < -0.39 is 5.97 Å². The van der Waals surface area contributed by atoms with E-state index in [1.54, 1.807) is 38.3 Å². The molecule has 0 saturated heterocycles. The Balaban J connectivity index is 1.88. The Labute approximate surface area is 140 Å². The molecule has 0 saturated carbocycles. The van der Waals surface area contributed by atoms with Gasteiger partial charge in [-0.15, -0.1) is 0 Å². The fourth-order valence-electron chi connectivity index (χ4n) is 1.65. The number of benzene rings is 2. The lowest BCUT2D eigenvalue weighted by atomic mass is 10.3. The predicted octanol–water partition coefficient (Wildman–Crippen LogP) is 4.57. The maximum atomic E-state index is 11.2. The van der Waals surface area contributed by atoms with Gasteiger partial charge in [0, 0.05) is 5.57 Å². The van der Waals surface area contributed by atoms with Gasteiger partial charge in [-0.25, -0.2) is 4.79 Å². The number of esters is 1. The second-order valence-corrected chi connectivity index (χ2v) is 4.87. The van der Waals surface area contributed by atoms with E-state index >= 15 is 0 Å². The minimum Gasteiger partial charge on any atom is -0.497 e. The summed E-state index contributed by atoms with van der Waals surface area (Å²) in [7, 11) is 1.61. The summed E-state index contributed by atoms with van der Waals surface area (Å²) in [4.78, 5) is 11.2. The van der Waals surface area contributed by atoms with Gasteiger partial charge >= 0.3 is 5.97 Å². The van der Waals surface area contributed by atoms with Crippen molar-refractivity contribution in [2.45, 2.75) is 6.92 Å². The van der Waals surface area contributed by atoms with Crippen LogP contribution in [0.15, 0.2) is 70.9 Å². The fraction of sp³-hybridized carbons (Fsp3) is 0.167. The Bertz CT molecular complexity index is 722. The first-order chi connectivity index (χ1) is 11.6. The normalized spacial score (nSPS) is 10.4. The van der Waals surface area contributed by atoms with Gasteiger partial charge in [0.1, 0.15) is 11.5 Å². The molecule has 2 aromatic carbocycles. The van der Waals surface area contributed by atoms with Crippen molar-refractivity contribution < 1.29 is 19.0 Å². The van der Waals surface area contributed by atoms with Crippen molar-refractivity contribution in [2.24, 2.45) is 10.2 Å². The van der Waals surface area contributed by atoms with Gasteiger partial charge in [-0.05, 0) is 55.5 Å². The molecule has 0 spiro atoms. The Morgan fingerprint density at radius 2 is 1.46 bits per heavy atom. The molecule has 0 N–H and O–H groups in total. The summed E-state index contributed by atoms with van der Waals surface area (Å²) >= 11 is 0. The van der Waals surface area contributed by atoms with Crippen LogP contribution in [0.4, 0.5) is 11.4 Å². The molecule has 6 nitrogen and oxygen atoms in total. The van der Waals surface area contributed by atoms with Crippen LogP contribution >= 0.6 is 0 Å². The smallest absolute Gasteiger partial charge is 0.335 e. The van der Waals surface area contributed by atoms with Gasteiger partial charge in [-0.2, -0.15) is 10.2 Å². The van der Waals surface area contributed by atoms with Gasteiger partial charge < -0.3 is 14.2 Å². The van der Waals surface area contributed by atoms with Crippen molar-refractivity contribution in [3.05, 3.63) is 60.7 Å². The zero-order valence-corrected chi connectivity index (χ0v) is 13.6. The van der Waals surface area contributed by atoms with E-state index in [-0.39, 0.29) is 6.79 Å². The summed E-state index contributed by atoms with van der Waals surface area (Å²) in [5.41, 5.74) is 1.73. The number of carbonyl (C=O) groups excluding carboxylic acids is 1. The maximum absolute atomic E-state index is 11.2. The Kier molecular flexibility index (Phi) is 6.08. The highest BCUT2D eigenvalue weighted by Gasteiger charge is 2.03. The molecule has 2 aromatic rings. The summed E-state index contributed by atoms with van der Waals surface area (Å²) in [6, 6.07) is 14.2. The largest absolute Gasteiger partial charge is 0.497 e. The third-order valence-corrected chi connectivity index (χ3v) is 2.95. The van der Waals surface area contributed by atoms with E-state index in [2.05, 4.69) is 16.8 Å². The standard InChI is InChI=1S/C18H18N2O4/c1-13(2)18(21)24-12-23-17-10-6-15(7-11-17)20-19-14-4-8-16(22-3)9-5-14/h4-11H,1,12H2,2-3H3. The van der Waals surface area contributed by atoms with Crippen molar-refractivity contribution in [3.8, 4) is 11.5 Å². The third-order valence-electron chi connectivity index (χ3n) is 2.95. The van der Waals surface area contributed by atoms with Crippen LogP contribution in [0.1, 0.15) is 6.92 Å². The highest BCUT2D eigenvalue weighted by Crippen LogP contribution is 2.22. The lowest BCUT2D eigenvalue weighted by molar-refractivity contribution is -0.145. The molecule has 6 heteroatoms. The van der Waals surface area contributed by atoms with Crippen LogP contribution in [0, 0.1) is 0 Å². The molecule has 0 heterocycles. The van der Waals surface area contributed by atoms with Crippen molar-refractivity contribution in [1.29, 1.82) is 0 Å². The Morgan fingerprint density at radius 3 is 1.92 bits per heavy atom. The molecule has 0 aliphatic heterocycles. The van der Waals surface area contributed by atoms with E-state index in [9.17, 15) is 4.79 Å². The molecule has 0 fully saturated rings. The molecule has 24 heavy (non-hydrogen) atoms. The molecule has 0 aromatic heterocycles. The van der Waals surface area contributed by atoms with Crippen LogP contribution in [0.25, 0.3) is 0 Å². The van der Waals surface area contributed by atoms with Crippen LogP contribution in [0.2, 0.25) is 0 Å². The number of methoxy groups -OCH3 is 1. The lowest BCUT2D eigenvalue weighted by Crippen LogP contribution is -2.10. The molecule has 0 radical (unpaired) electrons. The zero-order valence-electron chi connectivity index (χ0n) is 13.6. The molecule has 124 valence electrons. The monoisotopic (exact) mass is 326 g/mol. The van der Waals surface area contributed by atoms with E-state index in [0.29, 0.717) is 17.0 Å². The Morgan fingerprint density at radius 1 is 0.958 bits per heavy atom. The van der Waals surface area contributed by atoms with Gasteiger partial charge in [-0.1, -0.05) is 6.58 Å². The highest BCUT2D eigenvalue weighted by molar-refractivity contribution is 5.86. The molecule has 0 amide bonds. The van der Waals surface area contributed by atoms with Gasteiger partial charge in [0.15, 0.2) is 0 Å². The van der Waals surface area contributed by atoms with Crippen molar-refractivity contribution >= 4 is 17.3 Å². The first-order valence-corrected chi connectivity index (χ1v) is 7.20. The van der Waals surface area contributed by atoms with Crippen molar-refractivity contribution in [2.75, 3.05) is 13.9 Å². The van der Waals surface area contributed by atoms with Gasteiger partial charge in [-0.3, -0.25) is 0 Å². The lowest BCUT2D eigenvalue weighted by Gasteiger charge is -2.07. The van der Waals surface area contributed by atoms with Crippen LogP contribution in [0.3, 0.4) is 0 Å². The SMILES string of the molecule is C=C(C)C(=O)OCOc1ccc(N=Nc2ccc(OC)cc2)cc1. The second-order valence-electron chi connectivity index (χ2n) is 4.87. The molecule has 0 unspecified atom stereocenters. The molecular formula is C18H18N2O4. The Hall–Kier alpha value is -3.15. The van der Waals surface area contributed by atoms with Crippen molar-refractivity contribution in [1.82, 2.24) is 0 Å². The number of ether oxygens (including phenoxy) is 3. The second kappa shape index (κ2) is 8.47. The maximum Gasteiger partial charge on any atom is 0.335 e. The average molecular weight is 326 g/mol. The third kappa shape index (κ3) is 5.24. The van der Waals surface area contributed by atoms with E-state index in [0.717, 1.165) is 11.4 Å². The predicted molar refractivity (Wildman–Crippen MR) is 90.0 cm³/mol. The number of rotatable bonds is 7. The summed E-state index contributed by atoms with van der Waals surface area (Å²) < 4.78 is 15.2. The molecule has 0 aliphatic rings.